The average Bonchev–Trinajstić information content (AvgIpc) is 2.13. The minimum Gasteiger partial charge on any atom is -0.452 e. The summed E-state index contributed by atoms with van der Waals surface area (Å²) >= 11 is 0. The number of hydrogen-bond acceptors (Lipinski definition) is 4. The number of hydrogen-bond donors (Lipinski definition) is 0. The molecular weight excluding hydrogens is 208 g/mol. The van der Waals surface area contributed by atoms with Gasteiger partial charge in [0.15, 0.2) is 5.90 Å². The predicted octanol–water partition coefficient (Wildman–Crippen LogP) is 2.51. The minimum atomic E-state index is -3.71. The first-order chi connectivity index (χ1) is 6.91. The van der Waals surface area contributed by atoms with Gasteiger partial charge in [-0.2, -0.15) is 0 Å². The fourth-order valence-electron chi connectivity index (χ4n) is 0.685. The van der Waals surface area contributed by atoms with Crippen LogP contribution in [-0.4, -0.2) is 25.5 Å². The van der Waals surface area contributed by atoms with Gasteiger partial charge in [0.1, 0.15) is 0 Å². The fourth-order valence-corrected chi connectivity index (χ4v) is 0.685. The lowest BCUT2D eigenvalue weighted by Gasteiger charge is -2.20. The summed E-state index contributed by atoms with van der Waals surface area (Å²) in [5, 5.41) is 0. The Morgan fingerprint density at radius 2 is 2.07 bits per heavy atom. The summed E-state index contributed by atoms with van der Waals surface area (Å²) in [4.78, 5) is 3.64. The molecule has 0 aromatic carbocycles. The fraction of sp³-hybridized carbons (Fsp3) is 0.667. The van der Waals surface area contributed by atoms with Crippen molar-refractivity contribution in [3.8, 4) is 0 Å². The molecule has 0 spiro atoms. The van der Waals surface area contributed by atoms with Crippen LogP contribution in [0.1, 0.15) is 20.8 Å². The van der Waals surface area contributed by atoms with Crippen molar-refractivity contribution in [2.75, 3.05) is 7.05 Å². The Bertz CT molecular complexity index is 242. The lowest BCUT2D eigenvalue weighted by Crippen LogP contribution is -2.30. The van der Waals surface area contributed by atoms with Gasteiger partial charge >= 0.3 is 6.29 Å². The Morgan fingerprint density at radius 3 is 2.53 bits per heavy atom. The topological polar surface area (TPSA) is 40.0 Å². The van der Waals surface area contributed by atoms with E-state index in [0.717, 1.165) is 6.26 Å². The number of rotatable bonds is 5. The molecule has 0 saturated carbocycles. The van der Waals surface area contributed by atoms with Crippen LogP contribution in [0.3, 0.4) is 0 Å². The van der Waals surface area contributed by atoms with E-state index < -0.39 is 12.6 Å². The molecule has 0 saturated heterocycles. The smallest absolute Gasteiger partial charge is 0.452 e. The number of allylic oxidation sites excluding steroid dienone is 1. The molecule has 0 rings (SSSR count). The van der Waals surface area contributed by atoms with Crippen molar-refractivity contribution in [1.29, 1.82) is 0 Å². The van der Waals surface area contributed by atoms with Crippen LogP contribution in [0.4, 0.5) is 8.78 Å². The summed E-state index contributed by atoms with van der Waals surface area (Å²) < 4.78 is 38.7. The summed E-state index contributed by atoms with van der Waals surface area (Å²) in [6, 6.07) is 0. The maximum absolute atomic E-state index is 12.8. The molecule has 0 aliphatic carbocycles. The first kappa shape index (κ1) is 13.8. The van der Waals surface area contributed by atoms with Crippen LogP contribution < -0.4 is 0 Å². The second-order valence-corrected chi connectivity index (χ2v) is 2.60. The third-order valence-corrected chi connectivity index (χ3v) is 1.30. The van der Waals surface area contributed by atoms with Crippen molar-refractivity contribution >= 4 is 5.90 Å². The quantitative estimate of drug-likeness (QED) is 0.311. The molecular formula is C9H15F2NO3. The molecule has 0 aliphatic rings. The third kappa shape index (κ3) is 6.84. The molecule has 0 heterocycles. The van der Waals surface area contributed by atoms with E-state index in [2.05, 4.69) is 14.5 Å². The highest BCUT2D eigenvalue weighted by Gasteiger charge is 2.35. The number of ether oxygens (including phenoxy) is 3. The highest BCUT2D eigenvalue weighted by Crippen LogP contribution is 2.20. The van der Waals surface area contributed by atoms with Gasteiger partial charge in [0, 0.05) is 14.0 Å². The van der Waals surface area contributed by atoms with Crippen molar-refractivity contribution in [3.05, 3.63) is 12.3 Å². The molecule has 0 N–H and O–H groups in total. The maximum atomic E-state index is 12.8. The van der Waals surface area contributed by atoms with Gasteiger partial charge in [-0.15, -0.1) is 8.78 Å². The van der Waals surface area contributed by atoms with Crippen LogP contribution in [0.2, 0.25) is 0 Å². The first-order valence-electron chi connectivity index (χ1n) is 4.36. The van der Waals surface area contributed by atoms with E-state index >= 15 is 0 Å². The van der Waals surface area contributed by atoms with E-state index in [1.54, 1.807) is 6.92 Å². The standard InChI is InChI=1S/C9H15F2NO3/c1-5-6-13-9(10,11)15-8(3)14-7(2)12-4/h5-6,8H,1-4H3/b6-5+,12-7?. The van der Waals surface area contributed by atoms with Crippen molar-refractivity contribution < 1.29 is 23.0 Å². The molecule has 0 amide bonds. The highest BCUT2D eigenvalue weighted by atomic mass is 19.3. The van der Waals surface area contributed by atoms with Gasteiger partial charge in [0.25, 0.3) is 0 Å². The molecule has 0 aromatic rings. The van der Waals surface area contributed by atoms with Crippen molar-refractivity contribution in [1.82, 2.24) is 0 Å². The average molecular weight is 223 g/mol. The molecule has 0 aliphatic heterocycles. The Balaban J connectivity index is 4.08. The number of halogens is 2. The second-order valence-electron chi connectivity index (χ2n) is 2.60. The zero-order valence-corrected chi connectivity index (χ0v) is 9.16. The Hall–Kier alpha value is -1.17. The molecule has 88 valence electrons. The Labute approximate surface area is 87.5 Å². The summed E-state index contributed by atoms with van der Waals surface area (Å²) in [6.45, 7) is 4.40. The zero-order valence-electron chi connectivity index (χ0n) is 9.16. The van der Waals surface area contributed by atoms with E-state index in [1.807, 2.05) is 0 Å². The van der Waals surface area contributed by atoms with Gasteiger partial charge < -0.3 is 9.47 Å². The molecule has 0 radical (unpaired) electrons. The normalized spacial score (nSPS) is 15.5. The van der Waals surface area contributed by atoms with Crippen LogP contribution >= 0.6 is 0 Å². The van der Waals surface area contributed by atoms with Gasteiger partial charge in [-0.3, -0.25) is 4.99 Å². The lowest BCUT2D eigenvalue weighted by atomic mass is 10.7. The predicted molar refractivity (Wildman–Crippen MR) is 51.5 cm³/mol. The Morgan fingerprint density at radius 1 is 1.47 bits per heavy atom. The van der Waals surface area contributed by atoms with Crippen LogP contribution in [0.15, 0.2) is 17.3 Å². The van der Waals surface area contributed by atoms with E-state index in [-0.39, 0.29) is 5.90 Å². The molecule has 15 heavy (non-hydrogen) atoms. The van der Waals surface area contributed by atoms with Gasteiger partial charge in [0.2, 0.25) is 6.29 Å². The number of alkyl halides is 2. The molecule has 4 nitrogen and oxygen atoms in total. The largest absolute Gasteiger partial charge is 0.537 e. The van der Waals surface area contributed by atoms with E-state index in [0.29, 0.717) is 0 Å². The molecule has 0 fully saturated rings. The minimum absolute atomic E-state index is 0.254. The highest BCUT2D eigenvalue weighted by molar-refractivity contribution is 5.72. The van der Waals surface area contributed by atoms with Crippen LogP contribution in [-0.2, 0) is 14.2 Å². The molecule has 0 aromatic heterocycles. The van der Waals surface area contributed by atoms with Crippen LogP contribution in [0, 0.1) is 0 Å². The molecule has 1 atom stereocenters. The van der Waals surface area contributed by atoms with E-state index in [1.165, 1.54) is 27.0 Å². The van der Waals surface area contributed by atoms with Crippen LogP contribution in [0.5, 0.6) is 0 Å². The summed E-state index contributed by atoms with van der Waals surface area (Å²) in [7, 11) is 1.48. The number of nitrogens with zero attached hydrogens (tertiary/aromatic N) is 1. The maximum Gasteiger partial charge on any atom is 0.537 e. The van der Waals surface area contributed by atoms with E-state index in [4.69, 9.17) is 4.74 Å². The van der Waals surface area contributed by atoms with Crippen molar-refractivity contribution in [2.24, 2.45) is 4.99 Å². The molecule has 6 heteroatoms. The van der Waals surface area contributed by atoms with Gasteiger partial charge in [-0.05, 0) is 13.8 Å². The summed E-state index contributed by atoms with van der Waals surface area (Å²) in [5.74, 6) is 0.254. The van der Waals surface area contributed by atoms with Crippen molar-refractivity contribution in [3.63, 3.8) is 0 Å². The van der Waals surface area contributed by atoms with Gasteiger partial charge in [-0.1, -0.05) is 6.08 Å². The zero-order chi connectivity index (χ0) is 11.9. The Kier molecular flexibility index (Phi) is 5.84. The van der Waals surface area contributed by atoms with E-state index in [9.17, 15) is 8.78 Å². The summed E-state index contributed by atoms with van der Waals surface area (Å²) in [6.07, 6.45) is -2.69. The SMILES string of the molecule is C/C=C/OC(F)(F)OC(C)OC(C)=NC. The monoisotopic (exact) mass is 223 g/mol. The third-order valence-electron chi connectivity index (χ3n) is 1.30. The van der Waals surface area contributed by atoms with Crippen molar-refractivity contribution in [2.45, 2.75) is 33.4 Å². The first-order valence-corrected chi connectivity index (χ1v) is 4.36. The molecule has 1 unspecified atom stereocenters. The number of aliphatic imine (C=N–C) groups is 1. The van der Waals surface area contributed by atoms with Gasteiger partial charge in [-0.25, -0.2) is 4.74 Å². The van der Waals surface area contributed by atoms with Crippen LogP contribution in [0.25, 0.3) is 0 Å². The summed E-state index contributed by atoms with van der Waals surface area (Å²) in [5.41, 5.74) is 0. The van der Waals surface area contributed by atoms with Gasteiger partial charge in [0.05, 0.1) is 6.26 Å². The second kappa shape index (κ2) is 6.34. The molecule has 0 bridgehead atoms. The lowest BCUT2D eigenvalue weighted by molar-refractivity contribution is -0.405.